The molecule has 0 saturated heterocycles. The number of ether oxygens (including phenoxy) is 1. The second kappa shape index (κ2) is 4.74. The summed E-state index contributed by atoms with van der Waals surface area (Å²) in [6, 6.07) is 4.57. The Hall–Kier alpha value is -1.38. The molecule has 14 heavy (non-hydrogen) atoms. The van der Waals surface area contributed by atoms with Crippen LogP contribution in [0.2, 0.25) is 0 Å². The summed E-state index contributed by atoms with van der Waals surface area (Å²) in [4.78, 5) is 10.9. The van der Waals surface area contributed by atoms with Crippen LogP contribution in [0.25, 0.3) is 0 Å². The molecule has 1 aromatic carbocycles. The van der Waals surface area contributed by atoms with E-state index in [9.17, 15) is 9.18 Å². The largest absolute Gasteiger partial charge is 0.469 e. The van der Waals surface area contributed by atoms with Crippen LogP contribution in [0, 0.1) is 12.7 Å². The lowest BCUT2D eigenvalue weighted by molar-refractivity contribution is -0.140. The Kier molecular flexibility index (Phi) is 3.63. The van der Waals surface area contributed by atoms with Crippen molar-refractivity contribution in [1.29, 1.82) is 0 Å². The van der Waals surface area contributed by atoms with Crippen LogP contribution in [0.5, 0.6) is 0 Å². The first-order valence-corrected chi connectivity index (χ1v) is 4.45. The molecular weight excluding hydrogens is 183 g/mol. The van der Waals surface area contributed by atoms with Crippen LogP contribution < -0.4 is 0 Å². The van der Waals surface area contributed by atoms with E-state index in [4.69, 9.17) is 0 Å². The van der Waals surface area contributed by atoms with Crippen molar-refractivity contribution in [3.8, 4) is 0 Å². The zero-order valence-electron chi connectivity index (χ0n) is 8.34. The zero-order chi connectivity index (χ0) is 10.6. The van der Waals surface area contributed by atoms with Crippen LogP contribution in [0.15, 0.2) is 18.2 Å². The first-order chi connectivity index (χ1) is 6.63. The Bertz CT molecular complexity index is 334. The lowest BCUT2D eigenvalue weighted by Gasteiger charge is -2.04. The van der Waals surface area contributed by atoms with Crippen LogP contribution in [-0.4, -0.2) is 13.1 Å². The number of hydrogen-bond donors (Lipinski definition) is 0. The van der Waals surface area contributed by atoms with Crippen molar-refractivity contribution in [2.75, 3.05) is 7.11 Å². The predicted molar refractivity (Wildman–Crippen MR) is 51.5 cm³/mol. The van der Waals surface area contributed by atoms with Crippen LogP contribution >= 0.6 is 0 Å². The highest BCUT2D eigenvalue weighted by Gasteiger charge is 2.04. The second-order valence-electron chi connectivity index (χ2n) is 3.15. The van der Waals surface area contributed by atoms with E-state index < -0.39 is 0 Å². The first kappa shape index (κ1) is 10.7. The van der Waals surface area contributed by atoms with Gasteiger partial charge in [0.05, 0.1) is 7.11 Å². The lowest BCUT2D eigenvalue weighted by Crippen LogP contribution is -2.02. The summed E-state index contributed by atoms with van der Waals surface area (Å²) < 4.78 is 17.2. The molecule has 0 aromatic heterocycles. The van der Waals surface area contributed by atoms with Crippen molar-refractivity contribution in [3.05, 3.63) is 35.1 Å². The molecule has 0 bridgehead atoms. The van der Waals surface area contributed by atoms with E-state index in [-0.39, 0.29) is 11.8 Å². The number of esters is 1. The van der Waals surface area contributed by atoms with Gasteiger partial charge in [-0.15, -0.1) is 0 Å². The summed E-state index contributed by atoms with van der Waals surface area (Å²) in [5, 5.41) is 0. The number of carbonyl (C=O) groups is 1. The average molecular weight is 196 g/mol. The number of hydrogen-bond acceptors (Lipinski definition) is 2. The number of methoxy groups -OCH3 is 1. The quantitative estimate of drug-likeness (QED) is 0.693. The molecular formula is C11H13FO2. The average Bonchev–Trinajstić information content (AvgIpc) is 2.16. The van der Waals surface area contributed by atoms with Gasteiger partial charge in [0.15, 0.2) is 0 Å². The summed E-state index contributed by atoms with van der Waals surface area (Å²) in [6.45, 7) is 1.83. The zero-order valence-corrected chi connectivity index (χ0v) is 8.34. The van der Waals surface area contributed by atoms with Gasteiger partial charge in [-0.05, 0) is 36.6 Å². The fourth-order valence-electron chi connectivity index (χ4n) is 1.28. The van der Waals surface area contributed by atoms with Gasteiger partial charge in [-0.1, -0.05) is 6.07 Å². The summed E-state index contributed by atoms with van der Waals surface area (Å²) in [5.41, 5.74) is 1.85. The Morgan fingerprint density at radius 2 is 2.21 bits per heavy atom. The minimum atomic E-state index is -0.246. The van der Waals surface area contributed by atoms with E-state index in [1.807, 2.05) is 6.92 Å². The molecule has 0 fully saturated rings. The molecule has 0 aliphatic carbocycles. The minimum Gasteiger partial charge on any atom is -0.469 e. The molecule has 1 rings (SSSR count). The molecule has 0 N–H and O–H groups in total. The fourth-order valence-corrected chi connectivity index (χ4v) is 1.28. The third kappa shape index (κ3) is 2.83. The van der Waals surface area contributed by atoms with Crippen LogP contribution in [0.1, 0.15) is 17.5 Å². The Balaban J connectivity index is 2.63. The van der Waals surface area contributed by atoms with Gasteiger partial charge in [0.2, 0.25) is 0 Å². The van der Waals surface area contributed by atoms with Gasteiger partial charge in [0.1, 0.15) is 5.82 Å². The van der Waals surface area contributed by atoms with Gasteiger partial charge in [-0.2, -0.15) is 0 Å². The molecule has 0 aliphatic rings. The summed E-state index contributed by atoms with van der Waals surface area (Å²) in [6.07, 6.45) is 0.932. The standard InChI is InChI=1S/C11H13FO2/c1-8-7-10(12)5-3-9(8)4-6-11(13)14-2/h3,5,7H,4,6H2,1-2H3. The summed E-state index contributed by atoms with van der Waals surface area (Å²) in [5.74, 6) is -0.488. The minimum absolute atomic E-state index is 0.242. The number of aryl methyl sites for hydroxylation is 2. The number of rotatable bonds is 3. The maximum Gasteiger partial charge on any atom is 0.305 e. The van der Waals surface area contributed by atoms with Gasteiger partial charge >= 0.3 is 5.97 Å². The number of benzene rings is 1. The molecule has 0 spiro atoms. The third-order valence-corrected chi connectivity index (χ3v) is 2.13. The maximum absolute atomic E-state index is 12.7. The van der Waals surface area contributed by atoms with Crippen LogP contribution in [-0.2, 0) is 16.0 Å². The highest BCUT2D eigenvalue weighted by atomic mass is 19.1. The van der Waals surface area contributed by atoms with Crippen LogP contribution in [0.3, 0.4) is 0 Å². The molecule has 0 amide bonds. The van der Waals surface area contributed by atoms with Gasteiger partial charge in [0, 0.05) is 6.42 Å². The van der Waals surface area contributed by atoms with E-state index >= 15 is 0 Å². The predicted octanol–water partition coefficient (Wildman–Crippen LogP) is 2.24. The molecule has 0 aliphatic heterocycles. The first-order valence-electron chi connectivity index (χ1n) is 4.45. The second-order valence-corrected chi connectivity index (χ2v) is 3.15. The van der Waals surface area contributed by atoms with Crippen molar-refractivity contribution >= 4 is 5.97 Å². The molecule has 0 heterocycles. The molecule has 3 heteroatoms. The summed E-state index contributed by atoms with van der Waals surface area (Å²) in [7, 11) is 1.36. The van der Waals surface area contributed by atoms with E-state index in [0.29, 0.717) is 12.8 Å². The van der Waals surface area contributed by atoms with E-state index in [0.717, 1.165) is 11.1 Å². The normalized spacial score (nSPS) is 9.93. The van der Waals surface area contributed by atoms with E-state index in [1.165, 1.54) is 19.2 Å². The maximum atomic E-state index is 12.7. The van der Waals surface area contributed by atoms with Gasteiger partial charge in [-0.25, -0.2) is 4.39 Å². The van der Waals surface area contributed by atoms with Crippen molar-refractivity contribution in [3.63, 3.8) is 0 Å². The molecule has 0 unspecified atom stereocenters. The van der Waals surface area contributed by atoms with Crippen molar-refractivity contribution in [2.24, 2.45) is 0 Å². The van der Waals surface area contributed by atoms with Gasteiger partial charge in [0.25, 0.3) is 0 Å². The molecule has 2 nitrogen and oxygen atoms in total. The lowest BCUT2D eigenvalue weighted by atomic mass is 10.0. The van der Waals surface area contributed by atoms with Gasteiger partial charge < -0.3 is 4.74 Å². The van der Waals surface area contributed by atoms with Crippen LogP contribution in [0.4, 0.5) is 4.39 Å². The monoisotopic (exact) mass is 196 g/mol. The SMILES string of the molecule is COC(=O)CCc1ccc(F)cc1C. The number of carbonyl (C=O) groups excluding carboxylic acids is 1. The smallest absolute Gasteiger partial charge is 0.305 e. The van der Waals surface area contributed by atoms with E-state index in [2.05, 4.69) is 4.74 Å². The molecule has 0 radical (unpaired) electrons. The molecule has 76 valence electrons. The Morgan fingerprint density at radius 3 is 2.79 bits per heavy atom. The third-order valence-electron chi connectivity index (χ3n) is 2.13. The summed E-state index contributed by atoms with van der Waals surface area (Å²) >= 11 is 0. The highest BCUT2D eigenvalue weighted by molar-refractivity contribution is 5.69. The number of halogens is 1. The van der Waals surface area contributed by atoms with Gasteiger partial charge in [-0.3, -0.25) is 4.79 Å². The topological polar surface area (TPSA) is 26.3 Å². The Labute approximate surface area is 82.7 Å². The van der Waals surface area contributed by atoms with Crippen molar-refractivity contribution in [2.45, 2.75) is 19.8 Å². The Morgan fingerprint density at radius 1 is 1.50 bits per heavy atom. The molecule has 1 aromatic rings. The van der Waals surface area contributed by atoms with E-state index in [1.54, 1.807) is 6.07 Å². The highest BCUT2D eigenvalue weighted by Crippen LogP contribution is 2.12. The molecule has 0 atom stereocenters. The van der Waals surface area contributed by atoms with Crippen molar-refractivity contribution < 1.29 is 13.9 Å². The van der Waals surface area contributed by atoms with Crippen molar-refractivity contribution in [1.82, 2.24) is 0 Å². The fraction of sp³-hybridized carbons (Fsp3) is 0.364. The molecule has 0 saturated carbocycles.